The Kier molecular flexibility index (Phi) is 10.2. The fourth-order valence-corrected chi connectivity index (χ4v) is 3.95. The predicted molar refractivity (Wildman–Crippen MR) is 106 cm³/mol. The summed E-state index contributed by atoms with van der Waals surface area (Å²) < 4.78 is 351. The topological polar surface area (TPSA) is 44.8 Å². The predicted octanol–water partition coefficient (Wildman–Crippen LogP) is 8.98. The lowest BCUT2D eigenvalue weighted by Gasteiger charge is -2.45. The van der Waals surface area contributed by atoms with Crippen LogP contribution in [0.4, 0.5) is 110 Å². The Balaban J connectivity index is 2.53. The minimum Gasteiger partial charge on any atom is -0.485 e. The van der Waals surface area contributed by atoms with Crippen molar-refractivity contribution in [1.82, 2.24) is 0 Å². The molecule has 0 saturated carbocycles. The summed E-state index contributed by atoms with van der Waals surface area (Å²) in [5, 5.41) is 2.31. The first-order valence-electron chi connectivity index (χ1n) is 11.5. The number of alkyl halides is 25. The van der Waals surface area contributed by atoms with E-state index in [-0.39, 0.29) is 11.5 Å². The molecule has 4 nitrogen and oxygen atoms in total. The van der Waals surface area contributed by atoms with Gasteiger partial charge in [0.15, 0.2) is 17.6 Å². The highest BCUT2D eigenvalue weighted by molar-refractivity contribution is 7.08. The van der Waals surface area contributed by atoms with Crippen LogP contribution in [0.15, 0.2) is 10.8 Å². The van der Waals surface area contributed by atoms with Gasteiger partial charge in [-0.1, -0.05) is 0 Å². The maximum absolute atomic E-state index is 14.0. The molecule has 0 fully saturated rings. The van der Waals surface area contributed by atoms with E-state index < -0.39 is 96.6 Å². The van der Waals surface area contributed by atoms with Crippen molar-refractivity contribution in [2.45, 2.75) is 77.4 Å². The first-order valence-corrected chi connectivity index (χ1v) is 12.4. The minimum atomic E-state index is -9.70. The van der Waals surface area contributed by atoms with Crippen LogP contribution < -0.4 is 9.47 Å². The summed E-state index contributed by atoms with van der Waals surface area (Å²) >= 11 is 0.829. The van der Waals surface area contributed by atoms with E-state index in [2.05, 4.69) is 4.74 Å². The molecule has 1 unspecified atom stereocenters. The molecule has 0 amide bonds. The highest BCUT2D eigenvalue weighted by Gasteiger charge is 3.00. The molecule has 0 radical (unpaired) electrons. The summed E-state index contributed by atoms with van der Waals surface area (Å²) in [7, 11) is 0. The second-order valence-electron chi connectivity index (χ2n) is 9.57. The highest BCUT2D eigenvalue weighted by Crippen LogP contribution is 2.67. The maximum Gasteiger partial charge on any atom is 0.460 e. The van der Waals surface area contributed by atoms with Crippen molar-refractivity contribution >= 4 is 17.3 Å². The number of rotatable bonds is 13. The highest BCUT2D eigenvalue weighted by atomic mass is 32.1. The molecule has 0 spiro atoms. The summed E-state index contributed by atoms with van der Waals surface area (Å²) in [5.74, 6) is -105. The van der Waals surface area contributed by atoms with E-state index in [1.807, 2.05) is 0 Å². The first-order chi connectivity index (χ1) is 21.7. The van der Waals surface area contributed by atoms with Crippen LogP contribution in [0.3, 0.4) is 0 Å². The second kappa shape index (κ2) is 11.8. The lowest BCUT2D eigenvalue weighted by atomic mass is 9.84. The van der Waals surface area contributed by atoms with Gasteiger partial charge in [0.2, 0.25) is 0 Å². The number of carbonyl (C=O) groups excluding carboxylic acids is 1. The summed E-state index contributed by atoms with van der Waals surface area (Å²) in [4.78, 5) is 11.4. The third-order valence-corrected chi connectivity index (χ3v) is 6.97. The molecule has 1 aromatic heterocycles. The van der Waals surface area contributed by atoms with E-state index >= 15 is 0 Å². The normalized spacial score (nSPS) is 18.3. The van der Waals surface area contributed by atoms with E-state index in [0.29, 0.717) is 0 Å². The van der Waals surface area contributed by atoms with Crippen LogP contribution in [0, 0.1) is 0 Å². The Morgan fingerprint density at radius 3 is 1.22 bits per heavy atom. The van der Waals surface area contributed by atoms with Gasteiger partial charge in [-0.15, -0.1) is 11.3 Å². The molecule has 292 valence electrons. The van der Waals surface area contributed by atoms with Crippen LogP contribution >= 0.6 is 11.3 Å². The molecule has 0 aromatic carbocycles. The Hall–Kier alpha value is -2.98. The number of fused-ring (bicyclic) bond motifs is 1. The third kappa shape index (κ3) is 5.49. The van der Waals surface area contributed by atoms with Gasteiger partial charge in [0.05, 0.1) is 0 Å². The standard InChI is InChI=1S/C20H7F25O4S/c21-9(22,8(46)48-2-5-1-47-6-3-50-4-7(6)49-5)10(23,24)11(25,26)12(27,28)13(29,30)14(31,32)15(33,34)16(35,36)17(37,38)18(39,40)19(41,42)20(43,44)45/h3-5H,1-2H2. The van der Waals surface area contributed by atoms with Crippen molar-refractivity contribution < 1.29 is 129 Å². The number of carbonyl (C=O) groups is 1. The van der Waals surface area contributed by atoms with Crippen LogP contribution in [-0.2, 0) is 9.53 Å². The molecule has 1 aliphatic heterocycles. The van der Waals surface area contributed by atoms with E-state index in [9.17, 15) is 115 Å². The van der Waals surface area contributed by atoms with Crippen LogP contribution in [0.5, 0.6) is 11.5 Å². The molecule has 1 atom stereocenters. The van der Waals surface area contributed by atoms with E-state index in [1.165, 1.54) is 5.38 Å². The third-order valence-electron chi connectivity index (χ3n) is 6.27. The smallest absolute Gasteiger partial charge is 0.460 e. The lowest BCUT2D eigenvalue weighted by Crippen LogP contribution is -2.78. The van der Waals surface area contributed by atoms with Crippen molar-refractivity contribution in [2.24, 2.45) is 0 Å². The molecule has 2 rings (SSSR count). The lowest BCUT2D eigenvalue weighted by molar-refractivity contribution is -0.481. The number of hydrogen-bond donors (Lipinski definition) is 0. The fourth-order valence-electron chi connectivity index (χ4n) is 3.28. The molecule has 1 aliphatic rings. The first kappa shape index (κ1) is 43.2. The van der Waals surface area contributed by atoms with Crippen molar-refractivity contribution in [3.05, 3.63) is 10.8 Å². The molecule has 1 aromatic rings. The van der Waals surface area contributed by atoms with Gasteiger partial charge in [0, 0.05) is 10.8 Å². The zero-order chi connectivity index (χ0) is 40.0. The molecule has 2 heterocycles. The van der Waals surface area contributed by atoms with Gasteiger partial charge in [0.1, 0.15) is 13.2 Å². The fraction of sp³-hybridized carbons (Fsp3) is 0.750. The Morgan fingerprint density at radius 1 is 0.540 bits per heavy atom. The molecule has 0 bridgehead atoms. The van der Waals surface area contributed by atoms with Crippen LogP contribution in [0.25, 0.3) is 0 Å². The molecular weight excluding hydrogens is 811 g/mol. The van der Waals surface area contributed by atoms with E-state index in [4.69, 9.17) is 9.47 Å². The summed E-state index contributed by atoms with van der Waals surface area (Å²) in [5.41, 5.74) is 0. The minimum absolute atomic E-state index is 0.0749. The average Bonchev–Trinajstić information content (AvgIpc) is 3.42. The van der Waals surface area contributed by atoms with Crippen molar-refractivity contribution in [3.63, 3.8) is 0 Å². The Bertz CT molecular complexity index is 1410. The summed E-state index contributed by atoms with van der Waals surface area (Å²) in [6.07, 6.45) is -10.0. The molecule has 50 heavy (non-hydrogen) atoms. The molecule has 0 aliphatic carbocycles. The monoisotopic (exact) mass is 818 g/mol. The van der Waals surface area contributed by atoms with Crippen molar-refractivity contribution in [3.8, 4) is 11.5 Å². The van der Waals surface area contributed by atoms with Gasteiger partial charge in [-0.05, 0) is 0 Å². The van der Waals surface area contributed by atoms with Crippen molar-refractivity contribution in [2.75, 3.05) is 13.2 Å². The summed E-state index contributed by atoms with van der Waals surface area (Å²) in [6.45, 7) is -2.63. The van der Waals surface area contributed by atoms with Gasteiger partial charge in [-0.3, -0.25) is 0 Å². The Labute approximate surface area is 260 Å². The van der Waals surface area contributed by atoms with E-state index in [0.717, 1.165) is 16.7 Å². The molecule has 30 heteroatoms. The van der Waals surface area contributed by atoms with Crippen LogP contribution in [0.1, 0.15) is 0 Å². The van der Waals surface area contributed by atoms with Gasteiger partial charge in [-0.2, -0.15) is 110 Å². The van der Waals surface area contributed by atoms with Gasteiger partial charge < -0.3 is 14.2 Å². The average molecular weight is 818 g/mol. The van der Waals surface area contributed by atoms with Gasteiger partial charge in [-0.25, -0.2) is 4.79 Å². The number of thiophene rings is 1. The molecule has 0 N–H and O–H groups in total. The van der Waals surface area contributed by atoms with Gasteiger partial charge >= 0.3 is 77.3 Å². The maximum atomic E-state index is 14.0. The zero-order valence-corrected chi connectivity index (χ0v) is 23.0. The number of hydrogen-bond acceptors (Lipinski definition) is 5. The van der Waals surface area contributed by atoms with Crippen LogP contribution in [-0.4, -0.2) is 96.6 Å². The summed E-state index contributed by atoms with van der Waals surface area (Å²) in [6, 6.07) is 0. The van der Waals surface area contributed by atoms with Crippen LogP contribution in [0.2, 0.25) is 0 Å². The Morgan fingerprint density at radius 2 is 0.860 bits per heavy atom. The zero-order valence-electron chi connectivity index (χ0n) is 22.1. The second-order valence-corrected chi connectivity index (χ2v) is 10.3. The number of ether oxygens (including phenoxy) is 3. The SMILES string of the molecule is O=C(OCC1COc2cscc2O1)C(F)(F)C(F)(F)C(F)(F)C(F)(F)C(F)(F)C(F)(F)C(F)(F)C(F)(F)C(F)(F)C(F)(F)C(F)(F)C(F)(F)F. The molecular formula is C20H7F25O4S. The largest absolute Gasteiger partial charge is 0.485 e. The quantitative estimate of drug-likeness (QED) is 0.147. The van der Waals surface area contributed by atoms with E-state index in [1.54, 1.807) is 0 Å². The number of halogens is 25. The van der Waals surface area contributed by atoms with Gasteiger partial charge in [0.25, 0.3) is 0 Å². The molecule has 0 saturated heterocycles. The van der Waals surface area contributed by atoms with Crippen molar-refractivity contribution in [1.29, 1.82) is 0 Å². The number of esters is 1.